The lowest BCUT2D eigenvalue weighted by Crippen LogP contribution is -2.46. The van der Waals surface area contributed by atoms with E-state index in [1.54, 1.807) is 0 Å². The van der Waals surface area contributed by atoms with Gasteiger partial charge < -0.3 is 10.2 Å². The van der Waals surface area contributed by atoms with Gasteiger partial charge in [0.1, 0.15) is 0 Å². The number of nitrogens with one attached hydrogen (secondary N) is 1. The van der Waals surface area contributed by atoms with Crippen molar-refractivity contribution in [2.24, 2.45) is 11.8 Å². The molecular formula is C11H21N3. The molecule has 80 valence electrons. The summed E-state index contributed by atoms with van der Waals surface area (Å²) in [5, 5.41) is 3.40. The molecule has 0 amide bonds. The fourth-order valence-electron chi connectivity index (χ4n) is 2.90. The maximum Gasteiger partial charge on any atom is 0.0110 e. The molecule has 3 nitrogen and oxygen atoms in total. The van der Waals surface area contributed by atoms with E-state index in [-0.39, 0.29) is 0 Å². The molecule has 0 aromatic heterocycles. The van der Waals surface area contributed by atoms with Gasteiger partial charge in [-0.1, -0.05) is 0 Å². The van der Waals surface area contributed by atoms with Gasteiger partial charge in [0.25, 0.3) is 0 Å². The Kier molecular flexibility index (Phi) is 2.48. The second-order valence-electron chi connectivity index (χ2n) is 5.11. The minimum Gasteiger partial charge on any atom is -0.314 e. The quantitative estimate of drug-likeness (QED) is 0.675. The average molecular weight is 195 g/mol. The van der Waals surface area contributed by atoms with Crippen LogP contribution in [-0.2, 0) is 0 Å². The summed E-state index contributed by atoms with van der Waals surface area (Å²) >= 11 is 0. The molecule has 3 fully saturated rings. The maximum atomic E-state index is 3.40. The second kappa shape index (κ2) is 3.80. The molecule has 3 aliphatic rings. The molecule has 1 N–H and O–H groups in total. The SMILES string of the molecule is C1CN(CCN2CC3CC3C2)CCN1. The topological polar surface area (TPSA) is 18.5 Å². The lowest BCUT2D eigenvalue weighted by Gasteiger charge is -2.29. The molecule has 2 heterocycles. The average Bonchev–Trinajstić information content (AvgIpc) is 2.85. The highest BCUT2D eigenvalue weighted by atomic mass is 15.2. The van der Waals surface area contributed by atoms with E-state index in [0.29, 0.717) is 0 Å². The van der Waals surface area contributed by atoms with Gasteiger partial charge in [0.05, 0.1) is 0 Å². The van der Waals surface area contributed by atoms with E-state index in [9.17, 15) is 0 Å². The van der Waals surface area contributed by atoms with E-state index < -0.39 is 0 Å². The summed E-state index contributed by atoms with van der Waals surface area (Å²) < 4.78 is 0. The van der Waals surface area contributed by atoms with Crippen LogP contribution < -0.4 is 5.32 Å². The third-order valence-corrected chi connectivity index (χ3v) is 4.00. The molecule has 2 saturated heterocycles. The largest absolute Gasteiger partial charge is 0.314 e. The fourth-order valence-corrected chi connectivity index (χ4v) is 2.90. The van der Waals surface area contributed by atoms with Crippen LogP contribution in [0.1, 0.15) is 6.42 Å². The van der Waals surface area contributed by atoms with Crippen LogP contribution >= 0.6 is 0 Å². The third kappa shape index (κ3) is 1.95. The second-order valence-corrected chi connectivity index (χ2v) is 5.11. The molecule has 0 aromatic carbocycles. The molecule has 2 atom stereocenters. The van der Waals surface area contributed by atoms with E-state index in [0.717, 1.165) is 11.8 Å². The zero-order chi connectivity index (χ0) is 9.38. The highest BCUT2D eigenvalue weighted by Gasteiger charge is 2.44. The van der Waals surface area contributed by atoms with Crippen molar-refractivity contribution >= 4 is 0 Å². The predicted molar refractivity (Wildman–Crippen MR) is 57.3 cm³/mol. The Labute approximate surface area is 86.4 Å². The standard InChI is InChI=1S/C11H21N3/c1-3-13(4-2-12-1)5-6-14-8-10-7-11(10)9-14/h10-12H,1-9H2. The van der Waals surface area contributed by atoms with Gasteiger partial charge in [0.15, 0.2) is 0 Å². The monoisotopic (exact) mass is 195 g/mol. The first-order valence-electron chi connectivity index (χ1n) is 6.07. The summed E-state index contributed by atoms with van der Waals surface area (Å²) in [6, 6.07) is 0. The minimum atomic E-state index is 1.10. The van der Waals surface area contributed by atoms with E-state index in [4.69, 9.17) is 0 Å². The van der Waals surface area contributed by atoms with Crippen LogP contribution in [0.2, 0.25) is 0 Å². The highest BCUT2D eigenvalue weighted by molar-refractivity contribution is 4.96. The summed E-state index contributed by atoms with van der Waals surface area (Å²) in [7, 11) is 0. The highest BCUT2D eigenvalue weighted by Crippen LogP contribution is 2.44. The lowest BCUT2D eigenvalue weighted by molar-refractivity contribution is 0.197. The summed E-state index contributed by atoms with van der Waals surface area (Å²) in [4.78, 5) is 5.27. The molecule has 0 bridgehead atoms. The molecule has 2 aliphatic heterocycles. The molecule has 1 saturated carbocycles. The Morgan fingerprint density at radius 1 is 0.929 bits per heavy atom. The van der Waals surface area contributed by atoms with Gasteiger partial charge in [0.2, 0.25) is 0 Å². The molecule has 2 unspecified atom stereocenters. The predicted octanol–water partition coefficient (Wildman–Crippen LogP) is -0.157. The molecule has 3 rings (SSSR count). The van der Waals surface area contributed by atoms with Gasteiger partial charge in [0, 0.05) is 52.4 Å². The number of nitrogens with zero attached hydrogens (tertiary/aromatic N) is 2. The normalized spacial score (nSPS) is 38.6. The van der Waals surface area contributed by atoms with Gasteiger partial charge in [-0.2, -0.15) is 0 Å². The van der Waals surface area contributed by atoms with Crippen LogP contribution in [-0.4, -0.2) is 62.2 Å². The number of piperazine rings is 1. The van der Waals surface area contributed by atoms with E-state index in [1.807, 2.05) is 0 Å². The van der Waals surface area contributed by atoms with Crippen LogP contribution in [0.5, 0.6) is 0 Å². The number of hydrogen-bond acceptors (Lipinski definition) is 3. The van der Waals surface area contributed by atoms with Crippen molar-refractivity contribution in [3.63, 3.8) is 0 Å². The third-order valence-electron chi connectivity index (χ3n) is 4.00. The van der Waals surface area contributed by atoms with Crippen LogP contribution in [0.15, 0.2) is 0 Å². The Morgan fingerprint density at radius 3 is 2.29 bits per heavy atom. The number of hydrogen-bond donors (Lipinski definition) is 1. The fraction of sp³-hybridized carbons (Fsp3) is 1.00. The molecule has 0 spiro atoms. The van der Waals surface area contributed by atoms with Crippen LogP contribution in [0.4, 0.5) is 0 Å². The van der Waals surface area contributed by atoms with Crippen LogP contribution in [0, 0.1) is 11.8 Å². The summed E-state index contributed by atoms with van der Waals surface area (Å²) in [6.07, 6.45) is 1.53. The van der Waals surface area contributed by atoms with E-state index in [1.165, 1.54) is 58.8 Å². The maximum absolute atomic E-state index is 3.40. The number of rotatable bonds is 3. The first-order valence-corrected chi connectivity index (χ1v) is 6.07. The van der Waals surface area contributed by atoms with E-state index in [2.05, 4.69) is 15.1 Å². The number of fused-ring (bicyclic) bond motifs is 1. The first-order chi connectivity index (χ1) is 6.92. The van der Waals surface area contributed by atoms with Gasteiger partial charge in [-0.25, -0.2) is 0 Å². The van der Waals surface area contributed by atoms with Crippen molar-refractivity contribution in [2.45, 2.75) is 6.42 Å². The summed E-state index contributed by atoms with van der Waals surface area (Å²) in [5.41, 5.74) is 0. The Bertz CT molecular complexity index is 189. The molecule has 3 heteroatoms. The lowest BCUT2D eigenvalue weighted by atomic mass is 10.3. The van der Waals surface area contributed by atoms with E-state index >= 15 is 0 Å². The van der Waals surface area contributed by atoms with Gasteiger partial charge in [-0.05, 0) is 18.3 Å². The van der Waals surface area contributed by atoms with Gasteiger partial charge in [-0.15, -0.1) is 0 Å². The first kappa shape index (κ1) is 9.13. The zero-order valence-electron chi connectivity index (χ0n) is 8.91. The smallest absolute Gasteiger partial charge is 0.0110 e. The van der Waals surface area contributed by atoms with Crippen LogP contribution in [0.25, 0.3) is 0 Å². The molecular weight excluding hydrogens is 174 g/mol. The number of likely N-dealkylation sites (tertiary alicyclic amines) is 1. The van der Waals surface area contributed by atoms with Gasteiger partial charge in [-0.3, -0.25) is 4.90 Å². The molecule has 1 aliphatic carbocycles. The van der Waals surface area contributed by atoms with Crippen LogP contribution in [0.3, 0.4) is 0 Å². The van der Waals surface area contributed by atoms with Crippen molar-refractivity contribution in [3.8, 4) is 0 Å². The zero-order valence-corrected chi connectivity index (χ0v) is 8.91. The molecule has 0 aromatic rings. The molecule has 0 radical (unpaired) electrons. The Morgan fingerprint density at radius 2 is 1.57 bits per heavy atom. The van der Waals surface area contributed by atoms with Crippen molar-refractivity contribution in [1.82, 2.24) is 15.1 Å². The summed E-state index contributed by atoms with van der Waals surface area (Å²) in [5.74, 6) is 2.19. The van der Waals surface area contributed by atoms with Crippen molar-refractivity contribution in [2.75, 3.05) is 52.4 Å². The minimum absolute atomic E-state index is 1.10. The van der Waals surface area contributed by atoms with Gasteiger partial charge >= 0.3 is 0 Å². The molecule has 14 heavy (non-hydrogen) atoms. The van der Waals surface area contributed by atoms with Crippen molar-refractivity contribution in [3.05, 3.63) is 0 Å². The summed E-state index contributed by atoms with van der Waals surface area (Å²) in [6.45, 7) is 10.3. The Balaban J connectivity index is 1.36. The van der Waals surface area contributed by atoms with Crippen molar-refractivity contribution < 1.29 is 0 Å². The van der Waals surface area contributed by atoms with Crippen molar-refractivity contribution in [1.29, 1.82) is 0 Å². The number of piperidine rings is 1. The Hall–Kier alpha value is -0.120.